The lowest BCUT2D eigenvalue weighted by Gasteiger charge is -2.12. The van der Waals surface area contributed by atoms with Crippen molar-refractivity contribution in [2.75, 3.05) is 10.6 Å². The van der Waals surface area contributed by atoms with E-state index in [2.05, 4.69) is 17.6 Å². The van der Waals surface area contributed by atoms with Gasteiger partial charge in [0.1, 0.15) is 0 Å². The fraction of sp³-hybridized carbons (Fsp3) is 0.800. The topological polar surface area (TPSA) is 78.4 Å². The summed E-state index contributed by atoms with van der Waals surface area (Å²) >= 11 is 0. The molecule has 208 valence electrons. The molecule has 0 fully saturated rings. The van der Waals surface area contributed by atoms with Crippen LogP contribution in [0.15, 0.2) is 23.1 Å². The molecule has 0 saturated carbocycles. The zero-order valence-electron chi connectivity index (χ0n) is 23.0. The number of nitrogens with one attached hydrogen (secondary N) is 2. The second-order valence-electron chi connectivity index (χ2n) is 10.9. The Hall–Kier alpha value is -1.27. The molecule has 0 amide bonds. The summed E-state index contributed by atoms with van der Waals surface area (Å²) in [4.78, 5) is -0.0646. The van der Waals surface area contributed by atoms with Gasteiger partial charge in [-0.1, -0.05) is 135 Å². The number of benzene rings is 1. The molecule has 5 nitrogen and oxygen atoms in total. The third-order valence-corrected chi connectivity index (χ3v) is 8.39. The molecule has 0 aromatic heterocycles. The Labute approximate surface area is 222 Å². The second kappa shape index (κ2) is 18.9. The van der Waals surface area contributed by atoms with Gasteiger partial charge in [-0.2, -0.15) is 8.42 Å². The van der Waals surface area contributed by atoms with Gasteiger partial charge in [-0.15, -0.1) is 0 Å². The lowest BCUT2D eigenvalue weighted by molar-refractivity contribution is 0.483. The van der Waals surface area contributed by atoms with Crippen LogP contribution < -0.4 is 10.6 Å². The molecule has 0 saturated heterocycles. The van der Waals surface area contributed by atoms with Gasteiger partial charge in [0, 0.05) is 0 Å². The molecular formula is C30H54N2O3S. The molecule has 3 N–H and O–H groups in total. The van der Waals surface area contributed by atoms with E-state index in [1.165, 1.54) is 141 Å². The Balaban J connectivity index is 1.30. The zero-order chi connectivity index (χ0) is 25.9. The normalized spacial score (nSPS) is 15.0. The van der Waals surface area contributed by atoms with Gasteiger partial charge in [0.2, 0.25) is 0 Å². The van der Waals surface area contributed by atoms with Crippen LogP contribution >= 0.6 is 0 Å². The summed E-state index contributed by atoms with van der Waals surface area (Å²) in [6.45, 7) is 2.29. The van der Waals surface area contributed by atoms with Crippen molar-refractivity contribution in [3.05, 3.63) is 18.2 Å². The third kappa shape index (κ3) is 13.9. The minimum absolute atomic E-state index is 0.0646. The van der Waals surface area contributed by atoms with E-state index in [1.54, 1.807) is 6.07 Å². The van der Waals surface area contributed by atoms with Gasteiger partial charge >= 0.3 is 0 Å². The zero-order valence-corrected chi connectivity index (χ0v) is 23.9. The molecular weight excluding hydrogens is 468 g/mol. The highest BCUT2D eigenvalue weighted by Gasteiger charge is 2.21. The molecule has 0 bridgehead atoms. The number of anilines is 2. The Kier molecular flexibility index (Phi) is 16.2. The van der Waals surface area contributed by atoms with Gasteiger partial charge in [0.25, 0.3) is 10.1 Å². The molecule has 2 rings (SSSR count). The molecule has 1 aliphatic rings. The van der Waals surface area contributed by atoms with Crippen LogP contribution in [0.5, 0.6) is 0 Å². The van der Waals surface area contributed by atoms with Crippen molar-refractivity contribution in [3.63, 3.8) is 0 Å². The van der Waals surface area contributed by atoms with Crippen molar-refractivity contribution in [1.29, 1.82) is 0 Å². The fourth-order valence-corrected chi connectivity index (χ4v) is 5.77. The molecule has 1 aliphatic heterocycles. The Morgan fingerprint density at radius 2 is 1.00 bits per heavy atom. The first kappa shape index (κ1) is 31.0. The van der Waals surface area contributed by atoms with Crippen LogP contribution in [0, 0.1) is 0 Å². The summed E-state index contributed by atoms with van der Waals surface area (Å²) in [5, 5.41) is 6.71. The van der Waals surface area contributed by atoms with E-state index in [4.69, 9.17) is 0 Å². The highest BCUT2D eigenvalue weighted by atomic mass is 32.2. The Morgan fingerprint density at radius 3 is 1.42 bits per heavy atom. The van der Waals surface area contributed by atoms with Gasteiger partial charge in [0.05, 0.1) is 22.4 Å². The van der Waals surface area contributed by atoms with Crippen molar-refractivity contribution < 1.29 is 13.0 Å². The van der Waals surface area contributed by atoms with Crippen molar-refractivity contribution in [1.82, 2.24) is 0 Å². The first-order valence-corrected chi connectivity index (χ1v) is 16.6. The standard InChI is InChI=1S/C30H54N2O3S/c1-2-3-4-5-6-7-8-9-10-11-12-13-14-15-16-17-18-19-20-21-22-23-30-31-28-25-24-27(36(33,34)35)26-29(28)32-30/h24-26,30-32H,2-23H2,1H3,(H,33,34,35). The predicted molar refractivity (Wildman–Crippen MR) is 155 cm³/mol. The molecule has 0 spiro atoms. The molecule has 0 aliphatic carbocycles. The molecule has 0 radical (unpaired) electrons. The van der Waals surface area contributed by atoms with Crippen molar-refractivity contribution in [3.8, 4) is 0 Å². The van der Waals surface area contributed by atoms with Gasteiger partial charge in [-0.25, -0.2) is 0 Å². The summed E-state index contributed by atoms with van der Waals surface area (Å²) in [6.07, 6.45) is 30.4. The SMILES string of the molecule is CCCCCCCCCCCCCCCCCCCCCCCC1Nc2ccc(S(=O)(=O)O)cc2N1. The quantitative estimate of drug-likeness (QED) is 0.0984. The van der Waals surface area contributed by atoms with E-state index in [9.17, 15) is 13.0 Å². The van der Waals surface area contributed by atoms with Gasteiger partial charge < -0.3 is 10.6 Å². The van der Waals surface area contributed by atoms with E-state index in [1.807, 2.05) is 0 Å². The minimum Gasteiger partial charge on any atom is -0.364 e. The van der Waals surface area contributed by atoms with Crippen LogP contribution in [0.1, 0.15) is 148 Å². The predicted octanol–water partition coefficient (Wildman–Crippen LogP) is 9.70. The average Bonchev–Trinajstić information content (AvgIpc) is 3.26. The van der Waals surface area contributed by atoms with E-state index in [0.29, 0.717) is 0 Å². The molecule has 1 atom stereocenters. The second-order valence-corrected chi connectivity index (χ2v) is 12.3. The smallest absolute Gasteiger partial charge is 0.294 e. The maximum Gasteiger partial charge on any atom is 0.294 e. The average molecular weight is 523 g/mol. The lowest BCUT2D eigenvalue weighted by atomic mass is 10.0. The van der Waals surface area contributed by atoms with Crippen LogP contribution in [-0.2, 0) is 10.1 Å². The molecule has 1 aromatic carbocycles. The fourth-order valence-electron chi connectivity index (χ4n) is 5.27. The first-order valence-electron chi connectivity index (χ1n) is 15.2. The van der Waals surface area contributed by atoms with Crippen LogP contribution in [-0.4, -0.2) is 19.1 Å². The van der Waals surface area contributed by atoms with Gasteiger partial charge in [-0.05, 0) is 31.0 Å². The molecule has 6 heteroatoms. The lowest BCUT2D eigenvalue weighted by Crippen LogP contribution is -2.21. The maximum atomic E-state index is 11.3. The molecule has 1 aromatic rings. The summed E-state index contributed by atoms with van der Waals surface area (Å²) < 4.78 is 31.8. The Morgan fingerprint density at radius 1 is 0.611 bits per heavy atom. The Bertz CT molecular complexity index is 797. The third-order valence-electron chi connectivity index (χ3n) is 7.54. The van der Waals surface area contributed by atoms with E-state index in [0.717, 1.165) is 24.2 Å². The van der Waals surface area contributed by atoms with Crippen LogP contribution in [0.2, 0.25) is 0 Å². The maximum absolute atomic E-state index is 11.3. The molecule has 1 heterocycles. The van der Waals surface area contributed by atoms with E-state index in [-0.39, 0.29) is 11.1 Å². The highest BCUT2D eigenvalue weighted by Crippen LogP contribution is 2.32. The van der Waals surface area contributed by atoms with Gasteiger partial charge in [0.15, 0.2) is 0 Å². The number of unbranched alkanes of at least 4 members (excludes halogenated alkanes) is 20. The minimum atomic E-state index is -4.16. The monoisotopic (exact) mass is 522 g/mol. The van der Waals surface area contributed by atoms with E-state index >= 15 is 0 Å². The number of hydrogen-bond acceptors (Lipinski definition) is 4. The first-order chi connectivity index (χ1) is 17.5. The van der Waals surface area contributed by atoms with Gasteiger partial charge in [-0.3, -0.25) is 4.55 Å². The van der Waals surface area contributed by atoms with Crippen LogP contribution in [0.3, 0.4) is 0 Å². The molecule has 36 heavy (non-hydrogen) atoms. The summed E-state index contributed by atoms with van der Waals surface area (Å²) in [6, 6.07) is 4.64. The number of hydrogen-bond donors (Lipinski definition) is 3. The number of fused-ring (bicyclic) bond motifs is 1. The van der Waals surface area contributed by atoms with Crippen molar-refractivity contribution in [2.24, 2.45) is 0 Å². The number of rotatable bonds is 23. The highest BCUT2D eigenvalue weighted by molar-refractivity contribution is 7.85. The van der Waals surface area contributed by atoms with Crippen molar-refractivity contribution >= 4 is 21.5 Å². The van der Waals surface area contributed by atoms with Crippen molar-refractivity contribution in [2.45, 2.75) is 159 Å². The van der Waals surface area contributed by atoms with Crippen LogP contribution in [0.4, 0.5) is 11.4 Å². The largest absolute Gasteiger partial charge is 0.364 e. The summed E-state index contributed by atoms with van der Waals surface area (Å²) in [5.41, 5.74) is 1.65. The van der Waals surface area contributed by atoms with Crippen LogP contribution in [0.25, 0.3) is 0 Å². The summed E-state index contributed by atoms with van der Waals surface area (Å²) in [7, 11) is -4.16. The molecule has 1 unspecified atom stereocenters. The van der Waals surface area contributed by atoms with E-state index < -0.39 is 10.1 Å². The summed E-state index contributed by atoms with van der Waals surface area (Å²) in [5.74, 6) is 0.